The number of aromatic nitrogens is 5. The summed E-state index contributed by atoms with van der Waals surface area (Å²) in [5.74, 6) is -0.160. The van der Waals surface area contributed by atoms with Gasteiger partial charge in [0.05, 0.1) is 24.0 Å². The summed E-state index contributed by atoms with van der Waals surface area (Å²) >= 11 is 0. The van der Waals surface area contributed by atoms with E-state index in [-0.39, 0.29) is 17.2 Å². The molecule has 1 amide bonds. The number of methoxy groups -OCH3 is 1. The lowest BCUT2D eigenvalue weighted by Crippen LogP contribution is -2.22. The number of nitrogens with zero attached hydrogens (tertiary/aromatic N) is 6. The Kier molecular flexibility index (Phi) is 5.22. The number of amides is 1. The third kappa shape index (κ3) is 4.88. The van der Waals surface area contributed by atoms with E-state index in [1.54, 1.807) is 25.2 Å². The molecule has 3 rings (SSSR count). The van der Waals surface area contributed by atoms with E-state index in [2.05, 4.69) is 34.7 Å². The Morgan fingerprint density at radius 1 is 1.32 bits per heavy atom. The van der Waals surface area contributed by atoms with Gasteiger partial charge < -0.3 is 15.4 Å². The highest BCUT2D eigenvalue weighted by molar-refractivity contribution is 7.94. The SMILES string of the molecule is [2H]C([2H])([2H])NC(=O)c1nnc(NS(C)(=O)=NC)cc1Nc1cccc(-c2ncn(C)n2)c1OC. The van der Waals surface area contributed by atoms with Crippen molar-refractivity contribution in [2.45, 2.75) is 0 Å². The van der Waals surface area contributed by atoms with Crippen molar-refractivity contribution in [3.8, 4) is 17.1 Å². The molecule has 31 heavy (non-hydrogen) atoms. The predicted molar refractivity (Wildman–Crippen MR) is 118 cm³/mol. The van der Waals surface area contributed by atoms with Crippen LogP contribution >= 0.6 is 0 Å². The van der Waals surface area contributed by atoms with E-state index in [0.717, 1.165) is 0 Å². The highest BCUT2D eigenvalue weighted by atomic mass is 32.2. The van der Waals surface area contributed by atoms with Crippen LogP contribution in [0.3, 0.4) is 0 Å². The van der Waals surface area contributed by atoms with E-state index in [9.17, 15) is 9.00 Å². The van der Waals surface area contributed by atoms with Crippen LogP contribution < -0.4 is 20.1 Å². The molecular formula is C18H23N9O3S. The average molecular weight is 449 g/mol. The zero-order valence-electron chi connectivity index (χ0n) is 20.2. The molecule has 0 radical (unpaired) electrons. The molecule has 0 aliphatic rings. The van der Waals surface area contributed by atoms with E-state index in [4.69, 9.17) is 8.85 Å². The van der Waals surface area contributed by atoms with Crippen molar-refractivity contribution in [2.75, 3.05) is 37.4 Å². The maximum absolute atomic E-state index is 12.6. The first-order valence-corrected chi connectivity index (χ1v) is 10.7. The number of ether oxygens (including phenoxy) is 1. The molecule has 0 saturated carbocycles. The molecule has 0 aliphatic heterocycles. The van der Waals surface area contributed by atoms with Crippen LogP contribution in [-0.4, -0.2) is 62.5 Å². The number of benzene rings is 1. The first kappa shape index (κ1) is 18.1. The molecular weight excluding hydrogens is 422 g/mol. The predicted octanol–water partition coefficient (Wildman–Crippen LogP) is 1.44. The first-order valence-electron chi connectivity index (χ1n) is 10.3. The van der Waals surface area contributed by atoms with Crippen molar-refractivity contribution in [3.63, 3.8) is 0 Å². The number of hydrogen-bond donors (Lipinski definition) is 3. The maximum atomic E-state index is 12.6. The molecule has 1 unspecified atom stereocenters. The number of anilines is 3. The van der Waals surface area contributed by atoms with Gasteiger partial charge in [0.2, 0.25) is 0 Å². The third-order valence-corrected chi connectivity index (χ3v) is 5.38. The van der Waals surface area contributed by atoms with Crippen LogP contribution in [0.1, 0.15) is 14.6 Å². The van der Waals surface area contributed by atoms with Crippen molar-refractivity contribution in [3.05, 3.63) is 36.3 Å². The number of hydrogen-bond acceptors (Lipinski definition) is 9. The molecule has 164 valence electrons. The number of carbonyl (C=O) groups excluding carboxylic acids is 1. The zero-order chi connectivity index (χ0) is 25.1. The Balaban J connectivity index is 2.09. The highest BCUT2D eigenvalue weighted by Gasteiger charge is 2.19. The Morgan fingerprint density at radius 2 is 2.13 bits per heavy atom. The lowest BCUT2D eigenvalue weighted by Gasteiger charge is -2.16. The molecule has 3 N–H and O–H groups in total. The van der Waals surface area contributed by atoms with Crippen molar-refractivity contribution >= 4 is 33.0 Å². The number of nitrogens with one attached hydrogen (secondary N) is 3. The summed E-state index contributed by atoms with van der Waals surface area (Å²) in [6.45, 7) is -2.74. The molecule has 12 nitrogen and oxygen atoms in total. The van der Waals surface area contributed by atoms with Gasteiger partial charge in [0, 0.05) is 37.5 Å². The zero-order valence-corrected chi connectivity index (χ0v) is 18.0. The summed E-state index contributed by atoms with van der Waals surface area (Å²) < 4.78 is 47.8. The van der Waals surface area contributed by atoms with Crippen LogP contribution in [0, 0.1) is 0 Å². The third-order valence-electron chi connectivity index (χ3n) is 4.09. The van der Waals surface area contributed by atoms with Gasteiger partial charge >= 0.3 is 0 Å². The van der Waals surface area contributed by atoms with Crippen LogP contribution in [-0.2, 0) is 17.0 Å². The van der Waals surface area contributed by atoms with E-state index in [0.29, 0.717) is 22.8 Å². The second-order valence-electron chi connectivity index (χ2n) is 6.29. The van der Waals surface area contributed by atoms with Crippen molar-refractivity contribution in [1.82, 2.24) is 30.3 Å². The Morgan fingerprint density at radius 3 is 2.77 bits per heavy atom. The fourth-order valence-electron chi connectivity index (χ4n) is 2.64. The second-order valence-corrected chi connectivity index (χ2v) is 8.46. The first-order chi connectivity index (χ1) is 15.9. The number of para-hydroxylation sites is 1. The minimum atomic E-state index is -2.82. The lowest BCUT2D eigenvalue weighted by molar-refractivity contribution is 0.0958. The van der Waals surface area contributed by atoms with Gasteiger partial charge in [0.25, 0.3) is 5.91 Å². The van der Waals surface area contributed by atoms with Gasteiger partial charge in [-0.1, -0.05) is 6.07 Å². The van der Waals surface area contributed by atoms with Gasteiger partial charge in [0.15, 0.2) is 23.1 Å². The minimum Gasteiger partial charge on any atom is -0.494 e. The van der Waals surface area contributed by atoms with E-state index in [1.807, 2.05) is 5.32 Å². The molecule has 0 aliphatic carbocycles. The fraction of sp³-hybridized carbons (Fsp3) is 0.278. The molecule has 0 spiro atoms. The summed E-state index contributed by atoms with van der Waals surface area (Å²) in [5, 5.41) is 16.9. The minimum absolute atomic E-state index is 0.0487. The summed E-state index contributed by atoms with van der Waals surface area (Å²) in [6, 6.07) is 6.52. The maximum Gasteiger partial charge on any atom is 0.273 e. The largest absolute Gasteiger partial charge is 0.494 e. The summed E-state index contributed by atoms with van der Waals surface area (Å²) in [6.07, 6.45) is 2.90. The highest BCUT2D eigenvalue weighted by Crippen LogP contribution is 2.37. The summed E-state index contributed by atoms with van der Waals surface area (Å²) in [4.78, 5) is 16.8. The molecule has 1 atom stereocenters. The molecule has 1 aromatic carbocycles. The van der Waals surface area contributed by atoms with Crippen LogP contribution in [0.25, 0.3) is 11.4 Å². The van der Waals surface area contributed by atoms with E-state index < -0.39 is 22.8 Å². The lowest BCUT2D eigenvalue weighted by atomic mass is 10.1. The second kappa shape index (κ2) is 8.95. The Labute approximate surface area is 184 Å². The van der Waals surface area contributed by atoms with Crippen molar-refractivity contribution in [1.29, 1.82) is 0 Å². The number of aryl methyl sites for hydroxylation is 1. The quantitative estimate of drug-likeness (QED) is 0.492. The van der Waals surface area contributed by atoms with Gasteiger partial charge in [-0.25, -0.2) is 13.6 Å². The van der Waals surface area contributed by atoms with Gasteiger partial charge in [-0.15, -0.1) is 10.2 Å². The molecule has 3 aromatic rings. The van der Waals surface area contributed by atoms with Gasteiger partial charge in [-0.2, -0.15) is 5.10 Å². The molecule has 0 bridgehead atoms. The van der Waals surface area contributed by atoms with E-state index in [1.165, 1.54) is 37.5 Å². The van der Waals surface area contributed by atoms with Crippen LogP contribution in [0.5, 0.6) is 5.75 Å². The van der Waals surface area contributed by atoms with Gasteiger partial charge in [-0.05, 0) is 12.1 Å². The molecule has 2 aromatic heterocycles. The molecule has 13 heteroatoms. The average Bonchev–Trinajstić information content (AvgIpc) is 3.18. The Bertz CT molecular complexity index is 1330. The topological polar surface area (TPSA) is 148 Å². The normalized spacial score (nSPS) is 14.4. The molecule has 0 saturated heterocycles. The fourth-order valence-corrected chi connectivity index (χ4v) is 3.22. The Hall–Kier alpha value is -3.74. The molecule has 0 fully saturated rings. The van der Waals surface area contributed by atoms with E-state index >= 15 is 0 Å². The van der Waals surface area contributed by atoms with Crippen LogP contribution in [0.4, 0.5) is 17.2 Å². The number of carbonyl (C=O) groups is 1. The summed E-state index contributed by atoms with van der Waals surface area (Å²) in [7, 11) is 1.75. The monoisotopic (exact) mass is 448 g/mol. The summed E-state index contributed by atoms with van der Waals surface area (Å²) in [5.41, 5.74) is 0.756. The van der Waals surface area contributed by atoms with Crippen LogP contribution in [0.15, 0.2) is 35.0 Å². The van der Waals surface area contributed by atoms with Crippen molar-refractivity contribution < 1.29 is 17.9 Å². The number of rotatable bonds is 7. The smallest absolute Gasteiger partial charge is 0.273 e. The molecule has 2 heterocycles. The van der Waals surface area contributed by atoms with Crippen LogP contribution in [0.2, 0.25) is 0 Å². The van der Waals surface area contributed by atoms with Gasteiger partial charge in [0.1, 0.15) is 16.2 Å². The standard InChI is InChI=1S/C18H23N9O3S/c1-19-18(28)15-13(9-14(23-24-15)26-31(5,29)20-2)22-12-8-6-7-11(16(12)30-4)17-21-10-27(3)25-17/h6-10H,1-5H3,(H,19,28)(H2,20,22,23,26,29)/i1D3. The van der Waals surface area contributed by atoms with Crippen molar-refractivity contribution in [2.24, 2.45) is 11.4 Å². The van der Waals surface area contributed by atoms with Gasteiger partial charge in [-0.3, -0.25) is 14.2 Å².